The normalized spacial score (nSPS) is 10.3. The fourth-order valence-electron chi connectivity index (χ4n) is 1.46. The molecule has 2 aromatic carbocycles. The second-order valence-electron chi connectivity index (χ2n) is 3.76. The van der Waals surface area contributed by atoms with Gasteiger partial charge in [-0.25, -0.2) is 0 Å². The van der Waals surface area contributed by atoms with Crippen molar-refractivity contribution in [3.63, 3.8) is 0 Å². The van der Waals surface area contributed by atoms with Gasteiger partial charge in [-0.05, 0) is 42.5 Å². The number of benzene rings is 2. The van der Waals surface area contributed by atoms with Crippen LogP contribution in [-0.4, -0.2) is 11.7 Å². The van der Waals surface area contributed by atoms with Crippen LogP contribution in [0.5, 0.6) is 11.5 Å². The molecular formula is C14H9Cl3O2. The van der Waals surface area contributed by atoms with Crippen molar-refractivity contribution in [3.05, 3.63) is 58.1 Å². The number of rotatable bonds is 4. The smallest absolute Gasteiger partial charge is 0.177 e. The van der Waals surface area contributed by atoms with E-state index in [0.717, 1.165) is 0 Å². The van der Waals surface area contributed by atoms with Crippen molar-refractivity contribution in [2.24, 2.45) is 0 Å². The van der Waals surface area contributed by atoms with Gasteiger partial charge < -0.3 is 4.74 Å². The highest BCUT2D eigenvalue weighted by Crippen LogP contribution is 2.30. The lowest BCUT2D eigenvalue weighted by Gasteiger charge is -2.08. The van der Waals surface area contributed by atoms with E-state index in [9.17, 15) is 4.79 Å². The summed E-state index contributed by atoms with van der Waals surface area (Å²) < 4.78 is 5.60. The van der Waals surface area contributed by atoms with Crippen molar-refractivity contribution in [3.8, 4) is 11.5 Å². The molecule has 5 heteroatoms. The molecule has 0 aromatic heterocycles. The van der Waals surface area contributed by atoms with Gasteiger partial charge in [-0.15, -0.1) is 11.6 Å². The molecule has 0 unspecified atom stereocenters. The number of ketones is 1. The van der Waals surface area contributed by atoms with E-state index in [-0.39, 0.29) is 11.7 Å². The summed E-state index contributed by atoms with van der Waals surface area (Å²) in [5.74, 6) is 0.827. The molecule has 0 saturated heterocycles. The van der Waals surface area contributed by atoms with Crippen molar-refractivity contribution in [2.45, 2.75) is 0 Å². The number of hydrogen-bond acceptors (Lipinski definition) is 2. The maximum absolute atomic E-state index is 11.4. The molecule has 0 amide bonds. The van der Waals surface area contributed by atoms with Crippen LogP contribution in [0.25, 0.3) is 0 Å². The Morgan fingerprint density at radius 2 is 1.74 bits per heavy atom. The summed E-state index contributed by atoms with van der Waals surface area (Å²) in [4.78, 5) is 11.4. The van der Waals surface area contributed by atoms with Crippen LogP contribution in [0.4, 0.5) is 0 Å². The number of halogens is 3. The van der Waals surface area contributed by atoms with Crippen LogP contribution >= 0.6 is 34.8 Å². The molecule has 0 atom stereocenters. The second-order valence-corrected chi connectivity index (χ2v) is 4.87. The van der Waals surface area contributed by atoms with Crippen molar-refractivity contribution < 1.29 is 9.53 Å². The Balaban J connectivity index is 2.22. The van der Waals surface area contributed by atoms with E-state index in [1.807, 2.05) is 0 Å². The van der Waals surface area contributed by atoms with E-state index in [1.165, 1.54) is 6.07 Å². The average molecular weight is 316 g/mol. The molecule has 0 aliphatic carbocycles. The quantitative estimate of drug-likeness (QED) is 0.572. The third-order valence-electron chi connectivity index (χ3n) is 2.42. The first kappa shape index (κ1) is 14.2. The third-order valence-corrected chi connectivity index (χ3v) is 3.21. The minimum atomic E-state index is -0.179. The Bertz CT molecular complexity index is 594. The first-order chi connectivity index (χ1) is 9.10. The molecular weight excluding hydrogens is 307 g/mol. The summed E-state index contributed by atoms with van der Waals surface area (Å²) in [6, 6.07) is 11.7. The van der Waals surface area contributed by atoms with E-state index in [2.05, 4.69) is 0 Å². The zero-order valence-corrected chi connectivity index (χ0v) is 12.0. The molecule has 2 aromatic rings. The number of alkyl halides is 1. The van der Waals surface area contributed by atoms with Gasteiger partial charge in [-0.1, -0.05) is 23.2 Å². The Morgan fingerprint density at radius 1 is 1.05 bits per heavy atom. The molecule has 19 heavy (non-hydrogen) atoms. The van der Waals surface area contributed by atoms with E-state index in [0.29, 0.717) is 27.1 Å². The predicted octanol–water partition coefficient (Wildman–Crippen LogP) is 5.21. The number of hydrogen-bond donors (Lipinski definition) is 0. The second kappa shape index (κ2) is 6.29. The molecule has 98 valence electrons. The molecule has 0 spiro atoms. The SMILES string of the molecule is O=C(CCl)c1ccc(Oc2ccc(Cl)cc2)c(Cl)c1. The molecule has 0 aliphatic rings. The molecule has 2 nitrogen and oxygen atoms in total. The number of carbonyl (C=O) groups is 1. The van der Waals surface area contributed by atoms with Gasteiger partial charge in [-0.3, -0.25) is 4.79 Å². The van der Waals surface area contributed by atoms with E-state index in [1.54, 1.807) is 36.4 Å². The average Bonchev–Trinajstić information content (AvgIpc) is 2.42. The van der Waals surface area contributed by atoms with Gasteiger partial charge in [0.1, 0.15) is 11.5 Å². The summed E-state index contributed by atoms with van der Waals surface area (Å²) in [5.41, 5.74) is 0.462. The minimum absolute atomic E-state index is 0.0757. The lowest BCUT2D eigenvalue weighted by Crippen LogP contribution is -2.00. The van der Waals surface area contributed by atoms with E-state index in [4.69, 9.17) is 39.5 Å². The van der Waals surface area contributed by atoms with Crippen LogP contribution in [-0.2, 0) is 0 Å². The molecule has 0 fully saturated rings. The molecule has 0 aliphatic heterocycles. The highest BCUT2D eigenvalue weighted by Gasteiger charge is 2.09. The summed E-state index contributed by atoms with van der Waals surface area (Å²) in [5, 5.41) is 0.979. The first-order valence-corrected chi connectivity index (χ1v) is 6.71. The van der Waals surface area contributed by atoms with Crippen LogP contribution < -0.4 is 4.74 Å². The fraction of sp³-hybridized carbons (Fsp3) is 0.0714. The highest BCUT2D eigenvalue weighted by atomic mass is 35.5. The molecule has 0 radical (unpaired) electrons. The monoisotopic (exact) mass is 314 g/mol. The van der Waals surface area contributed by atoms with Crippen molar-refractivity contribution in [2.75, 3.05) is 5.88 Å². The topological polar surface area (TPSA) is 26.3 Å². The third kappa shape index (κ3) is 3.63. The number of Topliss-reactive ketones (excluding diaryl/α,β-unsaturated/α-hetero) is 1. The van der Waals surface area contributed by atoms with Crippen LogP contribution in [0, 0.1) is 0 Å². The minimum Gasteiger partial charge on any atom is -0.456 e. The molecule has 2 rings (SSSR count). The Hall–Kier alpha value is -1.22. The molecule has 0 heterocycles. The Morgan fingerprint density at radius 3 is 2.32 bits per heavy atom. The van der Waals surface area contributed by atoms with Gasteiger partial charge in [0, 0.05) is 10.6 Å². The standard InChI is InChI=1S/C14H9Cl3O2/c15-8-13(18)9-1-6-14(12(17)7-9)19-11-4-2-10(16)3-5-11/h1-7H,8H2. The fourth-order valence-corrected chi connectivity index (χ4v) is 1.96. The lowest BCUT2D eigenvalue weighted by molar-refractivity contribution is 0.102. The predicted molar refractivity (Wildman–Crippen MR) is 78.0 cm³/mol. The Kier molecular flexibility index (Phi) is 4.70. The molecule has 0 bridgehead atoms. The van der Waals surface area contributed by atoms with Gasteiger partial charge in [0.2, 0.25) is 0 Å². The van der Waals surface area contributed by atoms with E-state index >= 15 is 0 Å². The summed E-state index contributed by atoms with van der Waals surface area (Å²) in [6.07, 6.45) is 0. The molecule has 0 N–H and O–H groups in total. The van der Waals surface area contributed by atoms with Gasteiger partial charge in [-0.2, -0.15) is 0 Å². The zero-order chi connectivity index (χ0) is 13.8. The van der Waals surface area contributed by atoms with Crippen molar-refractivity contribution in [1.29, 1.82) is 0 Å². The van der Waals surface area contributed by atoms with E-state index < -0.39 is 0 Å². The van der Waals surface area contributed by atoms with Gasteiger partial charge in [0.25, 0.3) is 0 Å². The van der Waals surface area contributed by atoms with Crippen LogP contribution in [0.2, 0.25) is 10.0 Å². The molecule has 0 saturated carbocycles. The first-order valence-electron chi connectivity index (χ1n) is 5.42. The van der Waals surface area contributed by atoms with Gasteiger partial charge in [0.05, 0.1) is 10.9 Å². The van der Waals surface area contributed by atoms with Crippen LogP contribution in [0.1, 0.15) is 10.4 Å². The van der Waals surface area contributed by atoms with Crippen LogP contribution in [0.15, 0.2) is 42.5 Å². The van der Waals surface area contributed by atoms with Gasteiger partial charge in [0.15, 0.2) is 5.78 Å². The summed E-state index contributed by atoms with van der Waals surface area (Å²) in [7, 11) is 0. The summed E-state index contributed by atoms with van der Waals surface area (Å²) in [6.45, 7) is 0. The summed E-state index contributed by atoms with van der Waals surface area (Å²) >= 11 is 17.3. The largest absolute Gasteiger partial charge is 0.456 e. The lowest BCUT2D eigenvalue weighted by atomic mass is 10.1. The number of carbonyl (C=O) groups excluding carboxylic acids is 1. The maximum Gasteiger partial charge on any atom is 0.177 e. The zero-order valence-electron chi connectivity index (χ0n) is 9.70. The maximum atomic E-state index is 11.4. The van der Waals surface area contributed by atoms with Crippen molar-refractivity contribution >= 4 is 40.6 Å². The van der Waals surface area contributed by atoms with Crippen LogP contribution in [0.3, 0.4) is 0 Å². The Labute approximate surface area is 125 Å². The number of ether oxygens (including phenoxy) is 1. The highest BCUT2D eigenvalue weighted by molar-refractivity contribution is 6.33. The van der Waals surface area contributed by atoms with Gasteiger partial charge >= 0.3 is 0 Å². The van der Waals surface area contributed by atoms with Crippen molar-refractivity contribution in [1.82, 2.24) is 0 Å².